The zero-order chi connectivity index (χ0) is 31.3. The molecule has 1 heterocycles. The maximum Gasteiger partial charge on any atom is 0.416 e. The molecule has 238 valence electrons. The van der Waals surface area contributed by atoms with Crippen LogP contribution in [0.1, 0.15) is 66.8 Å². The number of nitrogens with one attached hydrogen (secondary N) is 3. The standard InChI is InChI=1S/C29H36F6N4O3S/c30-28(31,32)22-7-5-8-23(17-22)43(41,42)38-26(29(33,34)35)18-27(40)37-25-9-4-6-21-16-20(10-11-24(21)25)19-36-12-15-39-13-2-1-3-14-39/h5,7-8,10-11,16-17,25-26,36,38H,1-4,6,9,12-15,18-19H2,(H,37,40)/t25-,26+/m1/s1. The molecule has 0 bridgehead atoms. The van der Waals surface area contributed by atoms with Crippen LogP contribution in [0.3, 0.4) is 0 Å². The number of sulfonamides is 1. The second-order valence-electron chi connectivity index (χ2n) is 11.1. The van der Waals surface area contributed by atoms with E-state index >= 15 is 0 Å². The molecule has 4 rings (SSSR count). The van der Waals surface area contributed by atoms with Gasteiger partial charge in [0.15, 0.2) is 0 Å². The molecule has 2 aliphatic rings. The van der Waals surface area contributed by atoms with Gasteiger partial charge in [0.25, 0.3) is 0 Å². The molecule has 0 radical (unpaired) electrons. The normalized spacial score (nSPS) is 19.1. The number of fused-ring (bicyclic) bond motifs is 1. The SMILES string of the molecule is O=C(C[C@H](NS(=O)(=O)c1cccc(C(F)(F)F)c1)C(F)(F)F)N[C@@H]1CCCc2cc(CNCCN3CCCCC3)ccc21. The summed E-state index contributed by atoms with van der Waals surface area (Å²) < 4.78 is 107. The lowest BCUT2D eigenvalue weighted by molar-refractivity contribution is -0.158. The number of amides is 1. The third-order valence-corrected chi connectivity index (χ3v) is 9.26. The van der Waals surface area contributed by atoms with Crippen LogP contribution >= 0.6 is 0 Å². The number of rotatable bonds is 11. The first-order chi connectivity index (χ1) is 20.2. The summed E-state index contributed by atoms with van der Waals surface area (Å²) in [4.78, 5) is 14.2. The predicted molar refractivity (Wildman–Crippen MR) is 148 cm³/mol. The van der Waals surface area contributed by atoms with Crippen molar-refractivity contribution in [3.05, 3.63) is 64.7 Å². The Hall–Kier alpha value is -2.68. The molecule has 1 saturated heterocycles. The summed E-state index contributed by atoms with van der Waals surface area (Å²) in [6.45, 7) is 4.75. The minimum absolute atomic E-state index is 0.243. The second-order valence-corrected chi connectivity index (χ2v) is 12.8. The number of hydrogen-bond donors (Lipinski definition) is 3. The van der Waals surface area contributed by atoms with Gasteiger partial charge in [0.1, 0.15) is 6.04 Å². The Morgan fingerprint density at radius 3 is 2.42 bits per heavy atom. The fourth-order valence-electron chi connectivity index (χ4n) is 5.54. The van der Waals surface area contributed by atoms with Gasteiger partial charge in [-0.1, -0.05) is 30.7 Å². The van der Waals surface area contributed by atoms with Gasteiger partial charge in [-0.2, -0.15) is 31.1 Å². The number of carbonyl (C=O) groups excluding carboxylic acids is 1. The molecule has 2 atom stereocenters. The summed E-state index contributed by atoms with van der Waals surface area (Å²) in [5, 5.41) is 6.04. The number of carbonyl (C=O) groups is 1. The van der Waals surface area contributed by atoms with Gasteiger partial charge in [-0.15, -0.1) is 0 Å². The Balaban J connectivity index is 1.36. The van der Waals surface area contributed by atoms with E-state index in [0.717, 1.165) is 61.4 Å². The summed E-state index contributed by atoms with van der Waals surface area (Å²) in [5.74, 6) is -1.03. The maximum absolute atomic E-state index is 13.8. The number of nitrogens with zero attached hydrogens (tertiary/aromatic N) is 1. The number of benzene rings is 2. The van der Waals surface area contributed by atoms with Crippen molar-refractivity contribution in [1.82, 2.24) is 20.3 Å². The van der Waals surface area contributed by atoms with E-state index in [1.165, 1.54) is 24.0 Å². The van der Waals surface area contributed by atoms with Gasteiger partial charge in [-0.05, 0) is 80.1 Å². The van der Waals surface area contributed by atoms with E-state index in [-0.39, 0.29) is 6.07 Å². The highest BCUT2D eigenvalue weighted by Crippen LogP contribution is 2.33. The number of piperidine rings is 1. The van der Waals surface area contributed by atoms with Crippen LogP contribution in [-0.4, -0.2) is 57.6 Å². The molecule has 1 fully saturated rings. The first-order valence-electron chi connectivity index (χ1n) is 14.3. The van der Waals surface area contributed by atoms with Gasteiger partial charge >= 0.3 is 12.4 Å². The van der Waals surface area contributed by atoms with Crippen LogP contribution < -0.4 is 15.4 Å². The monoisotopic (exact) mass is 634 g/mol. The summed E-state index contributed by atoms with van der Waals surface area (Å²) in [7, 11) is -5.03. The number of halogens is 6. The fourth-order valence-corrected chi connectivity index (χ4v) is 6.81. The molecule has 43 heavy (non-hydrogen) atoms. The fraction of sp³-hybridized carbons (Fsp3) is 0.552. The molecular weight excluding hydrogens is 598 g/mol. The molecule has 2 aromatic carbocycles. The first kappa shape index (κ1) is 33.2. The highest BCUT2D eigenvalue weighted by molar-refractivity contribution is 7.89. The number of likely N-dealkylation sites (tertiary alicyclic amines) is 1. The topological polar surface area (TPSA) is 90.5 Å². The van der Waals surface area contributed by atoms with Crippen molar-refractivity contribution in [2.75, 3.05) is 26.2 Å². The molecule has 2 aromatic rings. The lowest BCUT2D eigenvalue weighted by Gasteiger charge is -2.28. The minimum atomic E-state index is -5.17. The highest BCUT2D eigenvalue weighted by atomic mass is 32.2. The quantitative estimate of drug-likeness (QED) is 0.237. The molecule has 7 nitrogen and oxygen atoms in total. The van der Waals surface area contributed by atoms with Gasteiger partial charge in [-0.25, -0.2) is 8.42 Å². The van der Waals surface area contributed by atoms with Gasteiger partial charge in [0.2, 0.25) is 15.9 Å². The third-order valence-electron chi connectivity index (χ3n) is 7.79. The van der Waals surface area contributed by atoms with E-state index in [0.29, 0.717) is 25.5 Å². The van der Waals surface area contributed by atoms with E-state index < -0.39 is 57.2 Å². The molecule has 1 amide bonds. The van der Waals surface area contributed by atoms with E-state index in [1.807, 2.05) is 18.2 Å². The number of alkyl halides is 6. The lowest BCUT2D eigenvalue weighted by atomic mass is 9.86. The molecule has 1 aliphatic carbocycles. The van der Waals surface area contributed by atoms with Crippen LogP contribution in [-0.2, 0) is 34.0 Å². The van der Waals surface area contributed by atoms with Crippen molar-refractivity contribution in [2.45, 2.75) is 80.8 Å². The highest BCUT2D eigenvalue weighted by Gasteiger charge is 2.44. The molecule has 3 N–H and O–H groups in total. The zero-order valence-electron chi connectivity index (χ0n) is 23.5. The van der Waals surface area contributed by atoms with E-state index in [4.69, 9.17) is 0 Å². The van der Waals surface area contributed by atoms with Gasteiger partial charge in [-0.3, -0.25) is 4.79 Å². The van der Waals surface area contributed by atoms with Crippen molar-refractivity contribution in [1.29, 1.82) is 0 Å². The van der Waals surface area contributed by atoms with Crippen molar-refractivity contribution < 1.29 is 39.6 Å². The van der Waals surface area contributed by atoms with Crippen LogP contribution in [0, 0.1) is 0 Å². The smallest absolute Gasteiger partial charge is 0.349 e. The van der Waals surface area contributed by atoms with Crippen LogP contribution in [0.25, 0.3) is 0 Å². The molecule has 0 unspecified atom stereocenters. The summed E-state index contributed by atoms with van der Waals surface area (Å²) in [6, 6.07) is 4.80. The van der Waals surface area contributed by atoms with Crippen LogP contribution in [0.2, 0.25) is 0 Å². The van der Waals surface area contributed by atoms with Gasteiger partial charge < -0.3 is 15.5 Å². The Kier molecular flexibility index (Phi) is 10.8. The predicted octanol–water partition coefficient (Wildman–Crippen LogP) is 5.07. The van der Waals surface area contributed by atoms with Gasteiger partial charge in [0.05, 0.1) is 22.9 Å². The van der Waals surface area contributed by atoms with Crippen molar-refractivity contribution in [3.8, 4) is 0 Å². The average molecular weight is 635 g/mol. The summed E-state index contributed by atoms with van der Waals surface area (Å²) >= 11 is 0. The molecular formula is C29H36F6N4O3S. The third kappa shape index (κ3) is 9.40. The summed E-state index contributed by atoms with van der Waals surface area (Å²) in [6.07, 6.45) is -5.64. The maximum atomic E-state index is 13.8. The Morgan fingerprint density at radius 2 is 1.72 bits per heavy atom. The minimum Gasteiger partial charge on any atom is -0.349 e. The van der Waals surface area contributed by atoms with Crippen molar-refractivity contribution in [3.63, 3.8) is 0 Å². The lowest BCUT2D eigenvalue weighted by Crippen LogP contribution is -2.48. The first-order valence-corrected chi connectivity index (χ1v) is 15.8. The van der Waals surface area contributed by atoms with Crippen LogP contribution in [0.4, 0.5) is 26.3 Å². The largest absolute Gasteiger partial charge is 0.416 e. The van der Waals surface area contributed by atoms with Gasteiger partial charge in [0, 0.05) is 19.6 Å². The molecule has 0 saturated carbocycles. The summed E-state index contributed by atoms with van der Waals surface area (Å²) in [5.41, 5.74) is 1.52. The van der Waals surface area contributed by atoms with Crippen molar-refractivity contribution in [2.24, 2.45) is 0 Å². The van der Waals surface area contributed by atoms with Crippen molar-refractivity contribution >= 4 is 15.9 Å². The average Bonchev–Trinajstić information content (AvgIpc) is 2.94. The van der Waals surface area contributed by atoms with Crippen LogP contribution in [0.15, 0.2) is 47.4 Å². The second kappa shape index (κ2) is 14.0. The van der Waals surface area contributed by atoms with Crippen LogP contribution in [0.5, 0.6) is 0 Å². The van der Waals surface area contributed by atoms with E-state index in [1.54, 1.807) is 0 Å². The Bertz CT molecular complexity index is 1360. The van der Waals surface area contributed by atoms with E-state index in [2.05, 4.69) is 15.5 Å². The number of hydrogen-bond acceptors (Lipinski definition) is 5. The molecule has 1 aliphatic heterocycles. The number of aryl methyl sites for hydroxylation is 1. The Labute approximate surface area is 247 Å². The molecule has 0 aromatic heterocycles. The molecule has 14 heteroatoms. The Morgan fingerprint density at radius 1 is 0.977 bits per heavy atom. The molecule has 0 spiro atoms. The zero-order valence-corrected chi connectivity index (χ0v) is 24.3. The van der Waals surface area contributed by atoms with E-state index in [9.17, 15) is 39.6 Å².